The van der Waals surface area contributed by atoms with Gasteiger partial charge in [-0.2, -0.15) is 0 Å². The molecule has 160 valence electrons. The fraction of sp³-hybridized carbons (Fsp3) is 0.520. The average Bonchev–Trinajstić information content (AvgIpc) is 3.13. The van der Waals surface area contributed by atoms with Crippen molar-refractivity contribution in [1.82, 2.24) is 5.32 Å². The van der Waals surface area contributed by atoms with Crippen LogP contribution in [-0.4, -0.2) is 37.3 Å². The van der Waals surface area contributed by atoms with Gasteiger partial charge in [-0.25, -0.2) is 0 Å². The molecule has 3 unspecified atom stereocenters. The maximum Gasteiger partial charge on any atom is 0.265 e. The topological polar surface area (TPSA) is 44.7 Å². The SMILES string of the molecule is CCC1C2=CC(Cl)=CC(C)C2N=C1C(=O)NCCc1ccc(N2CCCCC2)cc1. The van der Waals surface area contributed by atoms with Gasteiger partial charge in [-0.3, -0.25) is 9.79 Å². The van der Waals surface area contributed by atoms with Crippen LogP contribution in [0.2, 0.25) is 0 Å². The summed E-state index contributed by atoms with van der Waals surface area (Å²) >= 11 is 6.27. The van der Waals surface area contributed by atoms with E-state index in [1.165, 1.54) is 36.1 Å². The molecule has 4 rings (SSSR count). The lowest BCUT2D eigenvalue weighted by atomic mass is 9.83. The second-order valence-corrected chi connectivity index (χ2v) is 9.13. The Labute approximate surface area is 185 Å². The minimum atomic E-state index is -0.0367. The Morgan fingerprint density at radius 1 is 1.20 bits per heavy atom. The molecule has 0 spiro atoms. The third kappa shape index (κ3) is 4.49. The summed E-state index contributed by atoms with van der Waals surface area (Å²) < 4.78 is 0. The summed E-state index contributed by atoms with van der Waals surface area (Å²) in [6.45, 7) is 7.16. The quantitative estimate of drug-likeness (QED) is 0.705. The van der Waals surface area contributed by atoms with E-state index in [-0.39, 0.29) is 23.8 Å². The molecule has 2 heterocycles. The number of amides is 1. The molecule has 0 radical (unpaired) electrons. The van der Waals surface area contributed by atoms with Crippen LogP contribution in [0.4, 0.5) is 5.69 Å². The zero-order chi connectivity index (χ0) is 21.1. The second-order valence-electron chi connectivity index (χ2n) is 8.70. The predicted molar refractivity (Wildman–Crippen MR) is 125 cm³/mol. The smallest absolute Gasteiger partial charge is 0.265 e. The highest BCUT2D eigenvalue weighted by molar-refractivity contribution is 6.41. The molecule has 4 nitrogen and oxygen atoms in total. The highest BCUT2D eigenvalue weighted by Gasteiger charge is 2.39. The molecule has 0 aromatic heterocycles. The number of carbonyl (C=O) groups is 1. The minimum absolute atomic E-state index is 0.0367. The molecule has 0 bridgehead atoms. The van der Waals surface area contributed by atoms with Gasteiger partial charge in [-0.15, -0.1) is 0 Å². The van der Waals surface area contributed by atoms with Crippen LogP contribution in [0, 0.1) is 11.8 Å². The van der Waals surface area contributed by atoms with Gasteiger partial charge in [0.2, 0.25) is 0 Å². The highest BCUT2D eigenvalue weighted by atomic mass is 35.5. The molecule has 1 aromatic rings. The Morgan fingerprint density at radius 2 is 1.93 bits per heavy atom. The van der Waals surface area contributed by atoms with Gasteiger partial charge in [0, 0.05) is 42.2 Å². The molecule has 1 saturated heterocycles. The molecule has 30 heavy (non-hydrogen) atoms. The van der Waals surface area contributed by atoms with Crippen molar-refractivity contribution >= 4 is 28.9 Å². The molecular formula is C25H32ClN3O. The summed E-state index contributed by atoms with van der Waals surface area (Å²) in [5, 5.41) is 3.85. The van der Waals surface area contributed by atoms with Crippen molar-refractivity contribution in [2.45, 2.75) is 52.0 Å². The lowest BCUT2D eigenvalue weighted by molar-refractivity contribution is -0.115. The van der Waals surface area contributed by atoms with E-state index in [2.05, 4.69) is 48.3 Å². The maximum absolute atomic E-state index is 12.9. The Hall–Kier alpha value is -2.07. The molecule has 1 fully saturated rings. The van der Waals surface area contributed by atoms with E-state index in [0.29, 0.717) is 12.3 Å². The number of nitrogens with one attached hydrogen (secondary N) is 1. The molecule has 1 amide bonds. The number of aliphatic imine (C=N–C) groups is 1. The van der Waals surface area contributed by atoms with Crippen LogP contribution in [0.1, 0.15) is 45.1 Å². The number of piperidine rings is 1. The number of anilines is 1. The first-order valence-electron chi connectivity index (χ1n) is 11.4. The van der Waals surface area contributed by atoms with Gasteiger partial charge in [-0.05, 0) is 61.4 Å². The van der Waals surface area contributed by atoms with E-state index in [4.69, 9.17) is 16.6 Å². The first kappa shape index (κ1) is 21.2. The van der Waals surface area contributed by atoms with E-state index in [9.17, 15) is 4.79 Å². The Bertz CT molecular complexity index is 865. The fourth-order valence-corrected chi connectivity index (χ4v) is 5.24. The minimum Gasteiger partial charge on any atom is -0.372 e. The van der Waals surface area contributed by atoms with Gasteiger partial charge in [-0.1, -0.05) is 43.7 Å². The molecule has 1 aliphatic carbocycles. The van der Waals surface area contributed by atoms with E-state index in [0.717, 1.165) is 31.0 Å². The largest absolute Gasteiger partial charge is 0.372 e. The summed E-state index contributed by atoms with van der Waals surface area (Å²) in [5.41, 5.74) is 4.42. The summed E-state index contributed by atoms with van der Waals surface area (Å²) in [5.74, 6) is 0.268. The molecule has 3 atom stereocenters. The number of benzene rings is 1. The van der Waals surface area contributed by atoms with Gasteiger partial charge in [0.05, 0.1) is 6.04 Å². The number of halogens is 1. The Morgan fingerprint density at radius 3 is 2.63 bits per heavy atom. The van der Waals surface area contributed by atoms with E-state index < -0.39 is 0 Å². The van der Waals surface area contributed by atoms with Crippen molar-refractivity contribution in [3.63, 3.8) is 0 Å². The molecule has 3 aliphatic rings. The van der Waals surface area contributed by atoms with Crippen LogP contribution in [0.5, 0.6) is 0 Å². The summed E-state index contributed by atoms with van der Waals surface area (Å²) in [7, 11) is 0. The number of allylic oxidation sites excluding steroid dienone is 2. The van der Waals surface area contributed by atoms with Crippen LogP contribution in [0.3, 0.4) is 0 Å². The predicted octanol–water partition coefficient (Wildman–Crippen LogP) is 4.88. The van der Waals surface area contributed by atoms with Gasteiger partial charge >= 0.3 is 0 Å². The van der Waals surface area contributed by atoms with Crippen LogP contribution in [0.15, 0.2) is 52.0 Å². The van der Waals surface area contributed by atoms with E-state index >= 15 is 0 Å². The molecular weight excluding hydrogens is 394 g/mol. The number of rotatable bonds is 6. The van der Waals surface area contributed by atoms with E-state index in [1.807, 2.05) is 12.2 Å². The lowest BCUT2D eigenvalue weighted by Crippen LogP contribution is -2.35. The van der Waals surface area contributed by atoms with Gasteiger partial charge in [0.1, 0.15) is 5.71 Å². The summed E-state index contributed by atoms with van der Waals surface area (Å²) in [4.78, 5) is 20.1. The van der Waals surface area contributed by atoms with Crippen molar-refractivity contribution in [3.8, 4) is 0 Å². The van der Waals surface area contributed by atoms with Crippen molar-refractivity contribution < 1.29 is 4.79 Å². The number of carbonyl (C=O) groups excluding carboxylic acids is 1. The van der Waals surface area contributed by atoms with Crippen LogP contribution in [0.25, 0.3) is 0 Å². The fourth-order valence-electron chi connectivity index (χ4n) is 4.92. The zero-order valence-corrected chi connectivity index (χ0v) is 18.8. The molecule has 0 saturated carbocycles. The molecule has 1 aromatic carbocycles. The van der Waals surface area contributed by atoms with Crippen molar-refractivity contribution in [3.05, 3.63) is 52.6 Å². The van der Waals surface area contributed by atoms with Crippen molar-refractivity contribution in [2.75, 3.05) is 24.5 Å². The molecule has 2 aliphatic heterocycles. The van der Waals surface area contributed by atoms with Crippen LogP contribution in [-0.2, 0) is 11.2 Å². The monoisotopic (exact) mass is 425 g/mol. The summed E-state index contributed by atoms with van der Waals surface area (Å²) in [6.07, 6.45) is 9.65. The normalized spacial score (nSPS) is 25.9. The van der Waals surface area contributed by atoms with Crippen LogP contribution < -0.4 is 10.2 Å². The first-order valence-corrected chi connectivity index (χ1v) is 11.7. The molecule has 5 heteroatoms. The molecule has 1 N–H and O–H groups in total. The average molecular weight is 426 g/mol. The van der Waals surface area contributed by atoms with Crippen LogP contribution >= 0.6 is 11.6 Å². The third-order valence-corrected chi connectivity index (χ3v) is 6.81. The number of fused-ring (bicyclic) bond motifs is 1. The maximum atomic E-state index is 12.9. The Kier molecular flexibility index (Phi) is 6.62. The number of hydrogen-bond donors (Lipinski definition) is 1. The number of hydrogen-bond acceptors (Lipinski definition) is 3. The van der Waals surface area contributed by atoms with Crippen molar-refractivity contribution in [1.29, 1.82) is 0 Å². The summed E-state index contributed by atoms with van der Waals surface area (Å²) in [6, 6.07) is 8.86. The third-order valence-electron chi connectivity index (χ3n) is 6.57. The highest BCUT2D eigenvalue weighted by Crippen LogP contribution is 2.38. The van der Waals surface area contributed by atoms with Crippen molar-refractivity contribution in [2.24, 2.45) is 16.8 Å². The second kappa shape index (κ2) is 9.38. The van der Waals surface area contributed by atoms with Gasteiger partial charge in [0.15, 0.2) is 0 Å². The standard InChI is InChI=1S/C25H32ClN3O/c1-3-21-22-16-19(26)15-17(2)23(22)28-24(21)25(30)27-12-11-18-7-9-20(10-8-18)29-13-5-4-6-14-29/h7-10,15-17,21,23H,3-6,11-14H2,1-2H3,(H,27,30). The zero-order valence-electron chi connectivity index (χ0n) is 18.0. The Balaban J connectivity index is 1.32. The van der Waals surface area contributed by atoms with Gasteiger partial charge < -0.3 is 10.2 Å². The van der Waals surface area contributed by atoms with E-state index in [1.54, 1.807) is 0 Å². The van der Waals surface area contributed by atoms with Gasteiger partial charge in [0.25, 0.3) is 5.91 Å². The lowest BCUT2D eigenvalue weighted by Gasteiger charge is -2.28. The number of nitrogens with zero attached hydrogens (tertiary/aromatic N) is 2. The first-order chi connectivity index (χ1) is 14.6.